The maximum Gasteiger partial charge on any atom is 0.311 e. The molecule has 6 nitrogen and oxygen atoms in total. The third kappa shape index (κ3) is 4.15. The van der Waals surface area contributed by atoms with Crippen molar-refractivity contribution >= 4 is 25.4 Å². The molecule has 0 aliphatic heterocycles. The van der Waals surface area contributed by atoms with Crippen molar-refractivity contribution in [1.29, 1.82) is 0 Å². The Balaban J connectivity index is 2.97. The zero-order valence-electron chi connectivity index (χ0n) is 9.84. The molecular formula is C10H12ClNO5S. The number of halogens is 1. The van der Waals surface area contributed by atoms with Crippen LogP contribution in [0.25, 0.3) is 0 Å². The SMILES string of the molecule is Cc1cc(C)c(OCCS(=O)(=O)Cl)c([N+](=O)[O-])c1. The summed E-state index contributed by atoms with van der Waals surface area (Å²) in [7, 11) is 1.35. The summed E-state index contributed by atoms with van der Waals surface area (Å²) >= 11 is 0. The Morgan fingerprint density at radius 1 is 1.39 bits per heavy atom. The smallest absolute Gasteiger partial charge is 0.311 e. The van der Waals surface area contributed by atoms with Gasteiger partial charge in [-0.05, 0) is 25.0 Å². The fourth-order valence-corrected chi connectivity index (χ4v) is 1.97. The van der Waals surface area contributed by atoms with Gasteiger partial charge in [0.15, 0.2) is 5.75 Å². The molecule has 0 saturated carbocycles. The van der Waals surface area contributed by atoms with E-state index in [1.54, 1.807) is 19.9 Å². The lowest BCUT2D eigenvalue weighted by molar-refractivity contribution is -0.385. The molecule has 0 N–H and O–H groups in total. The van der Waals surface area contributed by atoms with Gasteiger partial charge in [0, 0.05) is 16.7 Å². The first-order valence-corrected chi connectivity index (χ1v) is 7.49. The summed E-state index contributed by atoms with van der Waals surface area (Å²) in [6, 6.07) is 3.09. The fourth-order valence-electron chi connectivity index (χ4n) is 1.50. The quantitative estimate of drug-likeness (QED) is 0.472. The van der Waals surface area contributed by atoms with Gasteiger partial charge in [-0.1, -0.05) is 6.07 Å². The van der Waals surface area contributed by atoms with Crippen LogP contribution in [-0.2, 0) is 9.05 Å². The summed E-state index contributed by atoms with van der Waals surface area (Å²) in [5.74, 6) is -0.329. The Morgan fingerprint density at radius 2 is 2.00 bits per heavy atom. The van der Waals surface area contributed by atoms with Crippen molar-refractivity contribution in [3.05, 3.63) is 33.4 Å². The molecule has 0 aromatic heterocycles. The Bertz CT molecular complexity index is 570. The van der Waals surface area contributed by atoms with Crippen molar-refractivity contribution in [1.82, 2.24) is 0 Å². The zero-order valence-corrected chi connectivity index (χ0v) is 11.4. The Hall–Kier alpha value is -1.34. The molecule has 1 aromatic rings. The van der Waals surface area contributed by atoms with Crippen LogP contribution >= 0.6 is 10.7 Å². The highest BCUT2D eigenvalue weighted by Gasteiger charge is 2.19. The molecule has 18 heavy (non-hydrogen) atoms. The Kier molecular flexibility index (Phi) is 4.53. The molecule has 1 rings (SSSR count). The molecule has 0 atom stereocenters. The number of hydrogen-bond acceptors (Lipinski definition) is 5. The van der Waals surface area contributed by atoms with Crippen molar-refractivity contribution in [3.8, 4) is 5.75 Å². The van der Waals surface area contributed by atoms with Gasteiger partial charge in [0.2, 0.25) is 9.05 Å². The van der Waals surface area contributed by atoms with Gasteiger partial charge in [-0.15, -0.1) is 0 Å². The lowest BCUT2D eigenvalue weighted by atomic mass is 10.1. The van der Waals surface area contributed by atoms with Gasteiger partial charge < -0.3 is 4.74 Å². The first-order valence-electron chi connectivity index (χ1n) is 5.01. The normalized spacial score (nSPS) is 11.3. The predicted octanol–water partition coefficient (Wildman–Crippen LogP) is 2.16. The minimum absolute atomic E-state index is 0.0749. The number of ether oxygens (including phenoxy) is 1. The Morgan fingerprint density at radius 3 is 2.50 bits per heavy atom. The van der Waals surface area contributed by atoms with Crippen molar-refractivity contribution in [2.45, 2.75) is 13.8 Å². The van der Waals surface area contributed by atoms with Crippen LogP contribution in [0.15, 0.2) is 12.1 Å². The topological polar surface area (TPSA) is 86.5 Å². The van der Waals surface area contributed by atoms with E-state index in [9.17, 15) is 18.5 Å². The predicted molar refractivity (Wildman–Crippen MR) is 67.7 cm³/mol. The van der Waals surface area contributed by atoms with E-state index in [-0.39, 0.29) is 18.0 Å². The van der Waals surface area contributed by atoms with Crippen LogP contribution < -0.4 is 4.74 Å². The highest BCUT2D eigenvalue weighted by Crippen LogP contribution is 2.31. The molecule has 100 valence electrons. The minimum Gasteiger partial charge on any atom is -0.486 e. The third-order valence-corrected chi connectivity index (χ3v) is 3.29. The summed E-state index contributed by atoms with van der Waals surface area (Å²) in [4.78, 5) is 10.3. The van der Waals surface area contributed by atoms with Crippen molar-refractivity contribution in [3.63, 3.8) is 0 Å². The third-order valence-electron chi connectivity index (χ3n) is 2.17. The Labute approximate surface area is 109 Å². The molecule has 0 heterocycles. The zero-order chi connectivity index (χ0) is 13.9. The minimum atomic E-state index is -3.67. The van der Waals surface area contributed by atoms with Gasteiger partial charge in [0.25, 0.3) is 0 Å². The van der Waals surface area contributed by atoms with Gasteiger partial charge in [-0.25, -0.2) is 8.42 Å². The summed E-state index contributed by atoms with van der Waals surface area (Å²) in [6.07, 6.45) is 0. The lowest BCUT2D eigenvalue weighted by Crippen LogP contribution is -2.10. The van der Waals surface area contributed by atoms with Gasteiger partial charge in [-0.3, -0.25) is 10.1 Å². The lowest BCUT2D eigenvalue weighted by Gasteiger charge is -2.09. The summed E-state index contributed by atoms with van der Waals surface area (Å²) < 4.78 is 26.6. The highest BCUT2D eigenvalue weighted by atomic mass is 35.7. The molecule has 0 fully saturated rings. The van der Waals surface area contributed by atoms with Gasteiger partial charge in [0.1, 0.15) is 6.61 Å². The van der Waals surface area contributed by atoms with E-state index in [4.69, 9.17) is 15.4 Å². The second-order valence-electron chi connectivity index (χ2n) is 3.78. The number of hydrogen-bond donors (Lipinski definition) is 0. The maximum absolute atomic E-state index is 10.9. The maximum atomic E-state index is 10.9. The first kappa shape index (κ1) is 14.7. The van der Waals surface area contributed by atoms with Crippen LogP contribution in [0.3, 0.4) is 0 Å². The molecule has 0 radical (unpaired) electrons. The highest BCUT2D eigenvalue weighted by molar-refractivity contribution is 8.13. The van der Waals surface area contributed by atoms with E-state index < -0.39 is 19.7 Å². The van der Waals surface area contributed by atoms with E-state index in [0.29, 0.717) is 5.56 Å². The molecular weight excluding hydrogens is 282 g/mol. The molecule has 0 amide bonds. The second kappa shape index (κ2) is 5.53. The molecule has 0 aliphatic carbocycles. The molecule has 1 aromatic carbocycles. The number of aryl methyl sites for hydroxylation is 2. The van der Waals surface area contributed by atoms with Crippen molar-refractivity contribution in [2.75, 3.05) is 12.4 Å². The first-order chi connectivity index (χ1) is 8.20. The molecule has 0 aliphatic rings. The van der Waals surface area contributed by atoms with Crippen molar-refractivity contribution in [2.24, 2.45) is 0 Å². The van der Waals surface area contributed by atoms with E-state index in [2.05, 4.69) is 0 Å². The van der Waals surface area contributed by atoms with E-state index in [1.807, 2.05) is 0 Å². The second-order valence-corrected chi connectivity index (χ2v) is 6.68. The van der Waals surface area contributed by atoms with Crippen molar-refractivity contribution < 1.29 is 18.1 Å². The van der Waals surface area contributed by atoms with Gasteiger partial charge in [0.05, 0.1) is 10.7 Å². The number of benzene rings is 1. The van der Waals surface area contributed by atoms with Crippen LogP contribution in [0, 0.1) is 24.0 Å². The molecule has 0 spiro atoms. The molecule has 0 saturated heterocycles. The summed E-state index contributed by atoms with van der Waals surface area (Å²) in [6.45, 7) is 3.16. The van der Waals surface area contributed by atoms with E-state index in [1.165, 1.54) is 6.07 Å². The van der Waals surface area contributed by atoms with Crippen LogP contribution in [0.2, 0.25) is 0 Å². The van der Waals surface area contributed by atoms with E-state index in [0.717, 1.165) is 5.56 Å². The number of nitro benzene ring substituents is 1. The van der Waals surface area contributed by atoms with Crippen LogP contribution in [-0.4, -0.2) is 25.7 Å². The van der Waals surface area contributed by atoms with Gasteiger partial charge >= 0.3 is 5.69 Å². The van der Waals surface area contributed by atoms with E-state index >= 15 is 0 Å². The van der Waals surface area contributed by atoms with Crippen LogP contribution in [0.1, 0.15) is 11.1 Å². The number of nitrogens with zero attached hydrogens (tertiary/aromatic N) is 1. The average molecular weight is 294 g/mol. The molecule has 0 bridgehead atoms. The monoisotopic (exact) mass is 293 g/mol. The summed E-state index contributed by atoms with van der Waals surface area (Å²) in [5, 5.41) is 10.9. The van der Waals surface area contributed by atoms with Crippen LogP contribution in [0.4, 0.5) is 5.69 Å². The standard InChI is InChI=1S/C10H12ClNO5S/c1-7-5-8(2)10(9(6-7)12(13)14)17-3-4-18(11,15)16/h5-6H,3-4H2,1-2H3. The van der Waals surface area contributed by atoms with Crippen LogP contribution in [0.5, 0.6) is 5.75 Å². The number of nitro groups is 1. The molecule has 8 heteroatoms. The fraction of sp³-hybridized carbons (Fsp3) is 0.400. The largest absolute Gasteiger partial charge is 0.486 e. The number of rotatable bonds is 5. The van der Waals surface area contributed by atoms with Gasteiger partial charge in [-0.2, -0.15) is 0 Å². The average Bonchev–Trinajstić information content (AvgIpc) is 2.18. The summed E-state index contributed by atoms with van der Waals surface area (Å²) in [5.41, 5.74) is 1.13. The molecule has 0 unspecified atom stereocenters.